The van der Waals surface area contributed by atoms with E-state index in [0.717, 1.165) is 55.2 Å². The molecule has 0 N–H and O–H groups in total. The average Bonchev–Trinajstić information content (AvgIpc) is 3.90. The van der Waals surface area contributed by atoms with E-state index in [-0.39, 0.29) is 31.9 Å². The maximum atomic E-state index is 8.84. The van der Waals surface area contributed by atoms with Crippen LogP contribution in [-0.2, 0) is 26.5 Å². The Morgan fingerprint density at radius 3 is 2.09 bits per heavy atom. The van der Waals surface area contributed by atoms with Crippen molar-refractivity contribution in [3.05, 3.63) is 186 Å². The van der Waals surface area contributed by atoms with Crippen molar-refractivity contribution in [2.24, 2.45) is 0 Å². The number of benzene rings is 6. The zero-order chi connectivity index (χ0) is 45.5. The van der Waals surface area contributed by atoms with Crippen LogP contribution in [0.4, 0.5) is 0 Å². The van der Waals surface area contributed by atoms with Crippen molar-refractivity contribution in [3.63, 3.8) is 0 Å². The van der Waals surface area contributed by atoms with Crippen LogP contribution in [0.1, 0.15) is 64.5 Å². The molecule has 64 heavy (non-hydrogen) atoms. The first kappa shape index (κ1) is 41.6. The van der Waals surface area contributed by atoms with Gasteiger partial charge in [-0.15, -0.1) is 64.3 Å². The zero-order valence-corrected chi connectivity index (χ0v) is 40.4. The first-order valence-corrected chi connectivity index (χ1v) is 25.0. The molecule has 7 nitrogen and oxygen atoms in total. The number of rotatable bonds is 9. The van der Waals surface area contributed by atoms with Crippen molar-refractivity contribution in [1.29, 1.82) is 0 Å². The number of hydrogen-bond donors (Lipinski definition) is 0. The molecular formula is C55H50IrN6OSi-2. The fraction of sp³-hybridized carbons (Fsp3) is 0.182. The van der Waals surface area contributed by atoms with Crippen LogP contribution < -0.4 is 5.19 Å². The molecule has 0 fully saturated rings. The van der Waals surface area contributed by atoms with Gasteiger partial charge in [0.2, 0.25) is 0 Å². The van der Waals surface area contributed by atoms with Crippen LogP contribution in [0.3, 0.4) is 0 Å². The molecule has 0 aliphatic carbocycles. The molecule has 10 aromatic rings. The number of nitrogens with zero attached hydrogens (tertiary/aromatic N) is 6. The number of furan rings is 1. The summed E-state index contributed by atoms with van der Waals surface area (Å²) in [5, 5.41) is 11.9. The smallest absolute Gasteiger partial charge is 0.197 e. The minimum atomic E-state index is -1.76. The van der Waals surface area contributed by atoms with Crippen LogP contribution in [0.5, 0.6) is 0 Å². The van der Waals surface area contributed by atoms with Crippen molar-refractivity contribution in [3.8, 4) is 39.5 Å². The van der Waals surface area contributed by atoms with E-state index < -0.39 is 14.4 Å². The molecule has 0 bridgehead atoms. The quantitative estimate of drug-likeness (QED) is 0.106. The van der Waals surface area contributed by atoms with Crippen LogP contribution in [0.2, 0.25) is 19.6 Å². The number of para-hydroxylation sites is 1. The number of imidazole rings is 1. The van der Waals surface area contributed by atoms with Gasteiger partial charge in [-0.3, -0.25) is 4.98 Å². The second kappa shape index (κ2) is 18.8. The second-order valence-electron chi connectivity index (χ2n) is 17.4. The molecule has 321 valence electrons. The van der Waals surface area contributed by atoms with Crippen LogP contribution in [0, 0.1) is 12.1 Å². The van der Waals surface area contributed by atoms with Gasteiger partial charge in [-0.25, -0.2) is 4.98 Å². The van der Waals surface area contributed by atoms with Gasteiger partial charge < -0.3 is 14.0 Å². The van der Waals surface area contributed by atoms with Crippen molar-refractivity contribution in [1.82, 2.24) is 29.7 Å². The summed E-state index contributed by atoms with van der Waals surface area (Å²) in [6.45, 7) is 15.6. The van der Waals surface area contributed by atoms with Crippen LogP contribution in [0.15, 0.2) is 156 Å². The summed E-state index contributed by atoms with van der Waals surface area (Å²) in [5.41, 5.74) is 12.4. The van der Waals surface area contributed by atoms with E-state index in [1.807, 2.05) is 97.2 Å². The van der Waals surface area contributed by atoms with E-state index in [0.29, 0.717) is 22.7 Å². The molecule has 0 aliphatic rings. The normalized spacial score (nSPS) is 12.3. The molecule has 0 saturated heterocycles. The van der Waals surface area contributed by atoms with Gasteiger partial charge in [0.25, 0.3) is 0 Å². The predicted molar refractivity (Wildman–Crippen MR) is 260 cm³/mol. The number of aromatic nitrogens is 6. The minimum absolute atomic E-state index is 0. The molecule has 0 spiro atoms. The Kier molecular flexibility index (Phi) is 12.2. The number of fused-ring (bicyclic) bond motifs is 4. The topological polar surface area (TPSA) is 82.5 Å². The monoisotopic (exact) mass is 1030 g/mol. The van der Waals surface area contributed by atoms with E-state index in [9.17, 15) is 0 Å². The van der Waals surface area contributed by atoms with Gasteiger partial charge in [-0.2, -0.15) is 0 Å². The fourth-order valence-electron chi connectivity index (χ4n) is 8.12. The summed E-state index contributed by atoms with van der Waals surface area (Å²) in [6.07, 6.45) is 1.75. The molecular weight excluding hydrogens is 981 g/mol. The zero-order valence-electron chi connectivity index (χ0n) is 39.0. The maximum absolute atomic E-state index is 8.84. The summed E-state index contributed by atoms with van der Waals surface area (Å²) in [5.74, 6) is 1.15. The summed E-state index contributed by atoms with van der Waals surface area (Å²) in [4.78, 5) is 14.1. The molecule has 0 amide bonds. The Morgan fingerprint density at radius 2 is 1.41 bits per heavy atom. The predicted octanol–water partition coefficient (Wildman–Crippen LogP) is 13.2. The molecule has 6 aromatic carbocycles. The summed E-state index contributed by atoms with van der Waals surface area (Å²) >= 11 is 0. The van der Waals surface area contributed by atoms with Gasteiger partial charge in [0.15, 0.2) is 11.3 Å². The molecule has 0 unspecified atom stereocenters. The summed E-state index contributed by atoms with van der Waals surface area (Å²) in [7, 11) is -1.76. The van der Waals surface area contributed by atoms with Gasteiger partial charge >= 0.3 is 0 Å². The Bertz CT molecular complexity index is 3270. The molecule has 10 rings (SSSR count). The van der Waals surface area contributed by atoms with Crippen LogP contribution in [0.25, 0.3) is 72.7 Å². The van der Waals surface area contributed by atoms with Gasteiger partial charge in [-0.05, 0) is 75.1 Å². The molecule has 9 heteroatoms. The van der Waals surface area contributed by atoms with Crippen LogP contribution >= 0.6 is 0 Å². The minimum Gasteiger partial charge on any atom is -0.501 e. The molecule has 4 aromatic heterocycles. The van der Waals surface area contributed by atoms with Crippen molar-refractivity contribution in [2.75, 3.05) is 0 Å². The van der Waals surface area contributed by atoms with E-state index in [4.69, 9.17) is 12.1 Å². The van der Waals surface area contributed by atoms with Gasteiger partial charge in [0.1, 0.15) is 11.9 Å². The number of hydrogen-bond acceptors (Lipinski definition) is 6. The first-order valence-electron chi connectivity index (χ1n) is 22.5. The third-order valence-corrected chi connectivity index (χ3v) is 13.3. The fourth-order valence-corrected chi connectivity index (χ4v) is 9.52. The largest absolute Gasteiger partial charge is 0.501 e. The van der Waals surface area contributed by atoms with E-state index in [2.05, 4.69) is 133 Å². The Hall–Kier alpha value is -6.38. The van der Waals surface area contributed by atoms with E-state index in [1.54, 1.807) is 0 Å². The average molecular weight is 1030 g/mol. The summed E-state index contributed by atoms with van der Waals surface area (Å²) < 4.78 is 26.2. The standard InChI is InChI=1S/C34H28N5O.C21H22NSi.Ir/c1-20(2)27-17-23(22-11-6-5-7-12-22)18-28(21(3)4)30(27)39-33(37-32-34(39)38-36-19-35-32)26-15-10-14-25-24-13-8-9-16-29(24)40-31(25)26;1-23(2,3)21-16-22-20(18-12-8-5-9-13-18)15-19(21)14-17-10-6-4-7-11-17;/h5-14,16-21H,1-4H3;4-12,15-16H,14H2,1-3H3;/q2*-1;/i;14D2;. The Balaban J connectivity index is 0.000000197. The Morgan fingerprint density at radius 1 is 0.719 bits per heavy atom. The third-order valence-electron chi connectivity index (χ3n) is 11.3. The molecule has 1 radical (unpaired) electrons. The van der Waals surface area contributed by atoms with Crippen molar-refractivity contribution >= 4 is 46.5 Å². The van der Waals surface area contributed by atoms with Crippen molar-refractivity contribution < 1.29 is 27.3 Å². The molecule has 0 atom stereocenters. The second-order valence-corrected chi connectivity index (χ2v) is 22.4. The Labute approximate surface area is 392 Å². The SMILES string of the molecule is CC(C)c1cc(-c2ccccc2)cc(C(C)C)c1-n1c(-c2[c-]ccc3c2oc2ccccc23)nc2ncnnc21.[2H]C([2H])(c1ccccc1)c1cc(-c2[c-]cccc2)ncc1[Si](C)(C)C.[Ir]. The van der Waals surface area contributed by atoms with Crippen LogP contribution in [-0.4, -0.2) is 37.8 Å². The molecule has 4 heterocycles. The molecule has 0 aliphatic heterocycles. The van der Waals surface area contributed by atoms with Crippen molar-refractivity contribution in [2.45, 2.75) is 65.5 Å². The molecule has 0 saturated carbocycles. The van der Waals surface area contributed by atoms with Gasteiger partial charge in [-0.1, -0.05) is 149 Å². The number of pyridine rings is 1. The van der Waals surface area contributed by atoms with Gasteiger partial charge in [0, 0.05) is 40.1 Å². The summed E-state index contributed by atoms with van der Waals surface area (Å²) in [6, 6.07) is 52.8. The van der Waals surface area contributed by atoms with E-state index >= 15 is 0 Å². The van der Waals surface area contributed by atoms with E-state index in [1.165, 1.54) is 28.6 Å². The van der Waals surface area contributed by atoms with Gasteiger partial charge in [0.05, 0.1) is 19.5 Å². The first-order chi connectivity index (χ1) is 31.3. The third kappa shape index (κ3) is 8.89. The maximum Gasteiger partial charge on any atom is 0.197 e.